The SMILES string of the molecule is CCCCCCC(C)O[P+](C)(OC(C)CCCCCC)OC(C)CCCCCC.F[B-](F)(F)F. The van der Waals surface area contributed by atoms with E-state index >= 15 is 0 Å². The molecular formula is C25H54BF4O3P. The van der Waals surface area contributed by atoms with E-state index in [9.17, 15) is 17.3 Å². The van der Waals surface area contributed by atoms with Gasteiger partial charge in [-0.3, -0.25) is 0 Å². The molecule has 34 heavy (non-hydrogen) atoms. The van der Waals surface area contributed by atoms with Crippen molar-refractivity contribution in [3.63, 3.8) is 0 Å². The molecule has 0 saturated heterocycles. The van der Waals surface area contributed by atoms with Gasteiger partial charge in [0.15, 0.2) is 0 Å². The quantitative estimate of drug-likeness (QED) is 0.0652. The number of rotatable bonds is 21. The van der Waals surface area contributed by atoms with Gasteiger partial charge in [-0.05, 0) is 40.0 Å². The van der Waals surface area contributed by atoms with Crippen molar-refractivity contribution in [3.05, 3.63) is 0 Å². The molecule has 0 radical (unpaired) electrons. The summed E-state index contributed by atoms with van der Waals surface area (Å²) in [7, 11) is -8.30. The molecule has 0 fully saturated rings. The molecule has 9 heteroatoms. The summed E-state index contributed by atoms with van der Waals surface area (Å²) in [5.41, 5.74) is 0. The second-order valence-corrected chi connectivity index (χ2v) is 11.7. The van der Waals surface area contributed by atoms with Crippen LogP contribution in [0.1, 0.15) is 138 Å². The molecule has 0 amide bonds. The Labute approximate surface area is 209 Å². The first-order valence-corrected chi connectivity index (χ1v) is 15.6. The van der Waals surface area contributed by atoms with Crippen LogP contribution in [0.2, 0.25) is 0 Å². The molecule has 0 aromatic carbocycles. The first-order chi connectivity index (χ1) is 15.9. The number of hydrogen-bond donors (Lipinski definition) is 0. The fraction of sp³-hybridized carbons (Fsp3) is 1.00. The summed E-state index contributed by atoms with van der Waals surface area (Å²) < 4.78 is 58.4. The van der Waals surface area contributed by atoms with Gasteiger partial charge in [-0.1, -0.05) is 97.8 Å². The summed E-state index contributed by atoms with van der Waals surface area (Å²) in [5.74, 6) is 0. The van der Waals surface area contributed by atoms with E-state index in [1.54, 1.807) is 0 Å². The van der Waals surface area contributed by atoms with Gasteiger partial charge in [0.2, 0.25) is 0 Å². The van der Waals surface area contributed by atoms with Crippen molar-refractivity contribution < 1.29 is 30.8 Å². The van der Waals surface area contributed by atoms with Gasteiger partial charge in [-0.25, -0.2) is 0 Å². The van der Waals surface area contributed by atoms with Crippen LogP contribution in [0.5, 0.6) is 0 Å². The van der Waals surface area contributed by atoms with Crippen LogP contribution in [-0.2, 0) is 13.6 Å². The van der Waals surface area contributed by atoms with Gasteiger partial charge in [-0.2, -0.15) is 13.6 Å². The summed E-state index contributed by atoms with van der Waals surface area (Å²) in [5, 5.41) is 0. The van der Waals surface area contributed by atoms with Crippen molar-refractivity contribution in [2.45, 2.75) is 156 Å². The van der Waals surface area contributed by atoms with E-state index in [0.717, 1.165) is 19.3 Å². The highest BCUT2D eigenvalue weighted by molar-refractivity contribution is 7.60. The lowest BCUT2D eigenvalue weighted by molar-refractivity contribution is 0.0546. The average molecular weight is 520 g/mol. The van der Waals surface area contributed by atoms with E-state index in [2.05, 4.69) is 48.2 Å². The zero-order valence-electron chi connectivity index (χ0n) is 23.1. The van der Waals surface area contributed by atoms with Gasteiger partial charge in [0.1, 0.15) is 25.0 Å². The maximum absolute atomic E-state index is 9.75. The van der Waals surface area contributed by atoms with E-state index in [0.29, 0.717) is 0 Å². The largest absolute Gasteiger partial charge is 0.673 e. The number of halogens is 4. The molecule has 3 nitrogen and oxygen atoms in total. The molecule has 0 aliphatic rings. The van der Waals surface area contributed by atoms with Gasteiger partial charge in [-0.15, -0.1) is 0 Å². The summed E-state index contributed by atoms with van der Waals surface area (Å²) in [6, 6.07) is 0. The lowest BCUT2D eigenvalue weighted by atomic mass is 10.1. The average Bonchev–Trinajstić information content (AvgIpc) is 2.70. The van der Waals surface area contributed by atoms with Crippen molar-refractivity contribution in [1.82, 2.24) is 0 Å². The normalized spacial score (nSPS) is 16.3. The Balaban J connectivity index is 0. The lowest BCUT2D eigenvalue weighted by Gasteiger charge is -2.27. The van der Waals surface area contributed by atoms with E-state index in [1.165, 1.54) is 77.0 Å². The minimum Gasteiger partial charge on any atom is -0.418 e. The first kappa shape index (κ1) is 36.3. The Hall–Kier alpha value is 0.0949. The molecule has 0 aliphatic heterocycles. The number of unbranched alkanes of at least 4 members (excludes halogenated alkanes) is 9. The Kier molecular flexibility index (Phi) is 23.8. The van der Waals surface area contributed by atoms with E-state index in [1.807, 2.05) is 0 Å². The van der Waals surface area contributed by atoms with E-state index in [4.69, 9.17) is 13.6 Å². The smallest absolute Gasteiger partial charge is 0.418 e. The second-order valence-electron chi connectivity index (χ2n) is 9.56. The summed E-state index contributed by atoms with van der Waals surface area (Å²) >= 11 is 0. The third-order valence-electron chi connectivity index (χ3n) is 5.51. The minimum atomic E-state index is -6.00. The van der Waals surface area contributed by atoms with Crippen molar-refractivity contribution in [2.24, 2.45) is 0 Å². The van der Waals surface area contributed by atoms with Crippen molar-refractivity contribution >= 4 is 15.2 Å². The first-order valence-electron chi connectivity index (χ1n) is 13.7. The molecular weight excluding hydrogens is 466 g/mol. The molecule has 0 rings (SSSR count). The maximum atomic E-state index is 9.75. The number of hydrogen-bond acceptors (Lipinski definition) is 3. The zero-order valence-corrected chi connectivity index (χ0v) is 24.0. The molecule has 0 aliphatic carbocycles. The van der Waals surface area contributed by atoms with Crippen LogP contribution in [0.15, 0.2) is 0 Å². The topological polar surface area (TPSA) is 27.7 Å². The predicted molar refractivity (Wildman–Crippen MR) is 141 cm³/mol. The molecule has 3 unspecified atom stereocenters. The second kappa shape index (κ2) is 22.3. The zero-order chi connectivity index (χ0) is 26.5. The van der Waals surface area contributed by atoms with Gasteiger partial charge < -0.3 is 17.3 Å². The maximum Gasteiger partial charge on any atom is 0.673 e. The van der Waals surface area contributed by atoms with Crippen LogP contribution >= 0.6 is 7.94 Å². The van der Waals surface area contributed by atoms with Crippen LogP contribution in [0.3, 0.4) is 0 Å². The molecule has 0 bridgehead atoms. The van der Waals surface area contributed by atoms with Crippen molar-refractivity contribution in [3.8, 4) is 0 Å². The van der Waals surface area contributed by atoms with Crippen LogP contribution in [-0.4, -0.2) is 32.2 Å². The van der Waals surface area contributed by atoms with Gasteiger partial charge in [0.05, 0.1) is 0 Å². The Bertz CT molecular complexity index is 389. The third-order valence-corrected chi connectivity index (χ3v) is 7.74. The summed E-state index contributed by atoms with van der Waals surface area (Å²) in [4.78, 5) is 0. The van der Waals surface area contributed by atoms with E-state index in [-0.39, 0.29) is 18.3 Å². The molecule has 0 saturated carbocycles. The van der Waals surface area contributed by atoms with Crippen LogP contribution in [0.25, 0.3) is 0 Å². The highest BCUT2D eigenvalue weighted by Gasteiger charge is 2.44. The molecule has 208 valence electrons. The molecule has 0 N–H and O–H groups in total. The van der Waals surface area contributed by atoms with Crippen LogP contribution < -0.4 is 0 Å². The standard InChI is InChI=1S/C25H54O3P.BF4/c1-8-11-14-17-20-23(4)26-29(7,27-24(5)21-18-15-12-9-2)28-25(6)22-19-16-13-10-3;2-1(3,4)5/h23-25H,8-22H2,1-7H3;/q+1;-1. The predicted octanol–water partition coefficient (Wildman–Crippen LogP) is 10.8. The lowest BCUT2D eigenvalue weighted by Crippen LogP contribution is -2.21. The minimum absolute atomic E-state index is 0.199. The molecule has 0 heterocycles. The molecule has 0 aromatic rings. The van der Waals surface area contributed by atoms with Crippen LogP contribution in [0, 0.1) is 0 Å². The van der Waals surface area contributed by atoms with Crippen LogP contribution in [0.4, 0.5) is 17.3 Å². The molecule has 0 spiro atoms. The Morgan fingerprint density at radius 1 is 0.529 bits per heavy atom. The Morgan fingerprint density at radius 2 is 0.765 bits per heavy atom. The van der Waals surface area contributed by atoms with Crippen molar-refractivity contribution in [2.75, 3.05) is 6.66 Å². The summed E-state index contributed by atoms with van der Waals surface area (Å²) in [6.07, 6.45) is 19.2. The van der Waals surface area contributed by atoms with Gasteiger partial charge in [0.25, 0.3) is 0 Å². The third kappa shape index (κ3) is 28.3. The van der Waals surface area contributed by atoms with Crippen molar-refractivity contribution in [1.29, 1.82) is 0 Å². The fourth-order valence-electron chi connectivity index (χ4n) is 3.79. The highest BCUT2D eigenvalue weighted by Crippen LogP contribution is 2.62. The highest BCUT2D eigenvalue weighted by atomic mass is 31.2. The molecule has 3 atom stereocenters. The monoisotopic (exact) mass is 520 g/mol. The fourth-order valence-corrected chi connectivity index (χ4v) is 6.22. The van der Waals surface area contributed by atoms with Gasteiger partial charge in [0, 0.05) is 0 Å². The Morgan fingerprint density at radius 3 is 0.971 bits per heavy atom. The summed E-state index contributed by atoms with van der Waals surface area (Å²) in [6.45, 7) is 15.4. The molecule has 0 aromatic heterocycles. The van der Waals surface area contributed by atoms with Gasteiger partial charge >= 0.3 is 15.2 Å². The van der Waals surface area contributed by atoms with E-state index < -0.39 is 15.2 Å².